The molecule has 0 fully saturated rings. The second kappa shape index (κ2) is 13.3. The van der Waals surface area contributed by atoms with E-state index in [2.05, 4.69) is 151 Å². The van der Waals surface area contributed by atoms with Crippen LogP contribution in [0.2, 0.25) is 0 Å². The molecule has 0 unspecified atom stereocenters. The van der Waals surface area contributed by atoms with Gasteiger partial charge in [0.1, 0.15) is 11.2 Å². The first-order chi connectivity index (χ1) is 27.7. The number of nitrogens with zero attached hydrogens (tertiary/aromatic N) is 3. The van der Waals surface area contributed by atoms with Gasteiger partial charge in [-0.15, -0.1) is 11.3 Å². The maximum Gasteiger partial charge on any atom is 0.160 e. The summed E-state index contributed by atoms with van der Waals surface area (Å²) in [6, 6.07) is 61.8. The maximum atomic E-state index is 6.70. The van der Waals surface area contributed by atoms with Crippen LogP contribution >= 0.6 is 11.3 Å². The van der Waals surface area contributed by atoms with Crippen molar-refractivity contribution in [1.29, 1.82) is 0 Å². The van der Waals surface area contributed by atoms with Gasteiger partial charge >= 0.3 is 0 Å². The van der Waals surface area contributed by atoms with Crippen LogP contribution in [-0.4, -0.2) is 15.0 Å². The predicted molar refractivity (Wildman–Crippen MR) is 233 cm³/mol. The van der Waals surface area contributed by atoms with Gasteiger partial charge in [0.2, 0.25) is 0 Å². The van der Waals surface area contributed by atoms with Crippen molar-refractivity contribution in [3.8, 4) is 67.3 Å². The van der Waals surface area contributed by atoms with Crippen molar-refractivity contribution in [2.75, 3.05) is 0 Å². The number of para-hydroxylation sites is 1. The number of hydrogen-bond donors (Lipinski definition) is 0. The van der Waals surface area contributed by atoms with E-state index < -0.39 is 0 Å². The lowest BCUT2D eigenvalue weighted by Crippen LogP contribution is -1.96. The number of rotatable bonds is 6. The molecule has 262 valence electrons. The Balaban J connectivity index is 1.01. The van der Waals surface area contributed by atoms with Crippen LogP contribution in [0.15, 0.2) is 193 Å². The number of hydrogen-bond acceptors (Lipinski definition) is 5. The van der Waals surface area contributed by atoms with E-state index in [4.69, 9.17) is 14.4 Å². The fraction of sp³-hybridized carbons (Fsp3) is 0. The molecular weight excluding hydrogens is 703 g/mol. The molecule has 11 aromatic rings. The molecule has 5 heteroatoms. The summed E-state index contributed by atoms with van der Waals surface area (Å²) in [5.41, 5.74) is 13.2. The minimum absolute atomic E-state index is 0.680. The van der Waals surface area contributed by atoms with Crippen molar-refractivity contribution < 1.29 is 4.42 Å². The van der Waals surface area contributed by atoms with Gasteiger partial charge in [-0.05, 0) is 70.3 Å². The highest BCUT2D eigenvalue weighted by atomic mass is 32.1. The molecule has 0 atom stereocenters. The lowest BCUT2D eigenvalue weighted by atomic mass is 9.93. The molecule has 0 bridgehead atoms. The second-order valence-electron chi connectivity index (χ2n) is 14.0. The van der Waals surface area contributed by atoms with Gasteiger partial charge in [0, 0.05) is 65.6 Å². The van der Waals surface area contributed by atoms with Crippen LogP contribution in [0.5, 0.6) is 0 Å². The molecule has 0 N–H and O–H groups in total. The Hall–Kier alpha value is -7.21. The van der Waals surface area contributed by atoms with Crippen molar-refractivity contribution in [3.63, 3.8) is 0 Å². The maximum absolute atomic E-state index is 6.70. The standard InChI is InChI=1S/C51H31N3OS/c1-2-9-34(10-3-1)44-30-45(54-51(53-44)36-22-16-32(17-23-36)38-11-8-28-52-31-38)35-20-18-33(19-21-35)39-25-26-40(50-49(39)42-13-4-6-14-46(42)55-50)37-24-27-48-43(29-37)41-12-5-7-15-47(41)56-48/h1-31H. The molecule has 4 heterocycles. The second-order valence-corrected chi connectivity index (χ2v) is 15.1. The Kier molecular flexibility index (Phi) is 7.64. The van der Waals surface area contributed by atoms with Crippen molar-refractivity contribution in [2.24, 2.45) is 0 Å². The predicted octanol–water partition coefficient (Wildman–Crippen LogP) is 14.1. The van der Waals surface area contributed by atoms with E-state index >= 15 is 0 Å². The van der Waals surface area contributed by atoms with Crippen LogP contribution in [0.25, 0.3) is 109 Å². The molecule has 0 saturated heterocycles. The Bertz CT molecular complexity index is 3220. The van der Waals surface area contributed by atoms with Gasteiger partial charge in [-0.25, -0.2) is 9.97 Å². The number of thiophene rings is 1. The Morgan fingerprint density at radius 2 is 1.04 bits per heavy atom. The third kappa shape index (κ3) is 5.56. The van der Waals surface area contributed by atoms with Gasteiger partial charge in [-0.2, -0.15) is 0 Å². The molecule has 0 amide bonds. The summed E-state index contributed by atoms with van der Waals surface area (Å²) in [6.07, 6.45) is 3.67. The lowest BCUT2D eigenvalue weighted by Gasteiger charge is -2.12. The van der Waals surface area contributed by atoms with Crippen molar-refractivity contribution in [2.45, 2.75) is 0 Å². The fourth-order valence-corrected chi connectivity index (χ4v) is 8.92. The molecule has 4 aromatic heterocycles. The molecule has 11 rings (SSSR count). The average molecular weight is 734 g/mol. The molecule has 0 aliphatic rings. The highest BCUT2D eigenvalue weighted by molar-refractivity contribution is 7.25. The highest BCUT2D eigenvalue weighted by Crippen LogP contribution is 2.44. The molecule has 0 aliphatic carbocycles. The van der Waals surface area contributed by atoms with E-state index in [9.17, 15) is 0 Å². The molecule has 4 nitrogen and oxygen atoms in total. The van der Waals surface area contributed by atoms with Gasteiger partial charge in [0.05, 0.1) is 11.4 Å². The number of pyridine rings is 1. The van der Waals surface area contributed by atoms with Crippen LogP contribution in [0.1, 0.15) is 0 Å². The van der Waals surface area contributed by atoms with Crippen LogP contribution in [-0.2, 0) is 0 Å². The van der Waals surface area contributed by atoms with Crippen LogP contribution in [0.3, 0.4) is 0 Å². The van der Waals surface area contributed by atoms with Crippen LogP contribution in [0, 0.1) is 0 Å². The highest BCUT2D eigenvalue weighted by Gasteiger charge is 2.19. The van der Waals surface area contributed by atoms with E-state index in [0.29, 0.717) is 5.82 Å². The third-order valence-corrected chi connectivity index (χ3v) is 11.8. The fourth-order valence-electron chi connectivity index (χ4n) is 7.84. The normalized spacial score (nSPS) is 11.6. The SMILES string of the molecule is c1ccc(-c2cc(-c3ccc(-c4ccc(-c5ccc6sc7ccccc7c6c5)c5oc6ccccc6c45)cc3)nc(-c3ccc(-c4cccnc4)cc3)n2)cc1. The largest absolute Gasteiger partial charge is 0.455 e. The van der Waals surface area contributed by atoms with Gasteiger partial charge in [0.15, 0.2) is 5.82 Å². The van der Waals surface area contributed by atoms with E-state index in [-0.39, 0.29) is 0 Å². The quantitative estimate of drug-likeness (QED) is 0.171. The van der Waals surface area contributed by atoms with E-state index in [0.717, 1.165) is 83.4 Å². The zero-order valence-corrected chi connectivity index (χ0v) is 30.9. The van der Waals surface area contributed by atoms with Crippen molar-refractivity contribution >= 4 is 53.4 Å². The number of benzene rings is 7. The van der Waals surface area contributed by atoms with Crippen LogP contribution in [0.4, 0.5) is 0 Å². The van der Waals surface area contributed by atoms with E-state index in [1.165, 1.54) is 20.2 Å². The number of aromatic nitrogens is 3. The Labute approximate surface area is 327 Å². The minimum Gasteiger partial charge on any atom is -0.455 e. The first-order valence-corrected chi connectivity index (χ1v) is 19.5. The summed E-state index contributed by atoms with van der Waals surface area (Å²) < 4.78 is 9.29. The molecule has 56 heavy (non-hydrogen) atoms. The van der Waals surface area contributed by atoms with Crippen LogP contribution < -0.4 is 0 Å². The summed E-state index contributed by atoms with van der Waals surface area (Å²) >= 11 is 1.84. The van der Waals surface area contributed by atoms with Crippen molar-refractivity contribution in [1.82, 2.24) is 15.0 Å². The first-order valence-electron chi connectivity index (χ1n) is 18.7. The topological polar surface area (TPSA) is 51.8 Å². The molecule has 0 spiro atoms. The van der Waals surface area contributed by atoms with Crippen molar-refractivity contribution in [3.05, 3.63) is 188 Å². The first kappa shape index (κ1) is 32.2. The minimum atomic E-state index is 0.680. The van der Waals surface area contributed by atoms with E-state index in [1.807, 2.05) is 47.9 Å². The molecule has 0 saturated carbocycles. The van der Waals surface area contributed by atoms with E-state index in [1.54, 1.807) is 6.20 Å². The molecular formula is C51H31N3OS. The number of furan rings is 1. The van der Waals surface area contributed by atoms with Gasteiger partial charge in [-0.3, -0.25) is 4.98 Å². The Morgan fingerprint density at radius 1 is 0.411 bits per heavy atom. The van der Waals surface area contributed by atoms with Gasteiger partial charge in [-0.1, -0.05) is 133 Å². The lowest BCUT2D eigenvalue weighted by molar-refractivity contribution is 0.670. The number of fused-ring (bicyclic) bond motifs is 6. The zero-order valence-electron chi connectivity index (χ0n) is 30.1. The Morgan fingerprint density at radius 3 is 1.84 bits per heavy atom. The summed E-state index contributed by atoms with van der Waals surface area (Å²) in [4.78, 5) is 14.5. The van der Waals surface area contributed by atoms with Gasteiger partial charge < -0.3 is 4.42 Å². The molecule has 7 aromatic carbocycles. The average Bonchev–Trinajstić information content (AvgIpc) is 3.85. The summed E-state index contributed by atoms with van der Waals surface area (Å²) in [5, 5.41) is 4.79. The summed E-state index contributed by atoms with van der Waals surface area (Å²) in [7, 11) is 0. The molecule has 0 aliphatic heterocycles. The summed E-state index contributed by atoms with van der Waals surface area (Å²) in [5.74, 6) is 0.680. The van der Waals surface area contributed by atoms with Gasteiger partial charge in [0.25, 0.3) is 0 Å². The zero-order chi connectivity index (χ0) is 37.0. The summed E-state index contributed by atoms with van der Waals surface area (Å²) in [6.45, 7) is 0. The molecule has 0 radical (unpaired) electrons. The monoisotopic (exact) mass is 733 g/mol. The smallest absolute Gasteiger partial charge is 0.160 e. The third-order valence-electron chi connectivity index (χ3n) is 10.6.